The van der Waals surface area contributed by atoms with Gasteiger partial charge in [-0.2, -0.15) is 0 Å². The van der Waals surface area contributed by atoms with Crippen molar-refractivity contribution in [2.24, 2.45) is 5.41 Å². The van der Waals surface area contributed by atoms with Crippen molar-refractivity contribution in [3.05, 3.63) is 0 Å². The quantitative estimate of drug-likeness (QED) is 0.594. The van der Waals surface area contributed by atoms with Crippen LogP contribution in [0.1, 0.15) is 33.1 Å². The molecule has 0 unspecified atom stereocenters. The zero-order chi connectivity index (χ0) is 8.60. The summed E-state index contributed by atoms with van der Waals surface area (Å²) in [5.74, 6) is 0. The van der Waals surface area contributed by atoms with Crippen molar-refractivity contribution in [1.82, 2.24) is 5.32 Å². The lowest BCUT2D eigenvalue weighted by Crippen LogP contribution is -2.39. The SMILES string of the molecule is C[C@H]1CC2(CCNC2)C[C@H](C)O1. The van der Waals surface area contributed by atoms with Crippen LogP contribution >= 0.6 is 0 Å². The minimum atomic E-state index is 0.466. The highest BCUT2D eigenvalue weighted by Crippen LogP contribution is 2.40. The number of ether oxygens (including phenoxy) is 1. The van der Waals surface area contributed by atoms with Gasteiger partial charge in [-0.25, -0.2) is 0 Å². The maximum absolute atomic E-state index is 5.75. The third-order valence-electron chi connectivity index (χ3n) is 3.24. The molecule has 0 radical (unpaired) electrons. The van der Waals surface area contributed by atoms with Crippen molar-refractivity contribution in [3.63, 3.8) is 0 Å². The van der Waals surface area contributed by atoms with Gasteiger partial charge in [0, 0.05) is 6.54 Å². The largest absolute Gasteiger partial charge is 0.376 e. The van der Waals surface area contributed by atoms with Crippen LogP contribution in [-0.4, -0.2) is 25.3 Å². The Hall–Kier alpha value is -0.0800. The van der Waals surface area contributed by atoms with E-state index >= 15 is 0 Å². The van der Waals surface area contributed by atoms with Crippen LogP contribution in [0.15, 0.2) is 0 Å². The second-order valence-corrected chi connectivity index (χ2v) is 4.59. The average molecular weight is 169 g/mol. The van der Waals surface area contributed by atoms with Crippen molar-refractivity contribution in [2.45, 2.75) is 45.3 Å². The molecule has 2 aliphatic heterocycles. The highest BCUT2D eigenvalue weighted by molar-refractivity contribution is 4.93. The van der Waals surface area contributed by atoms with Gasteiger partial charge in [0.1, 0.15) is 0 Å². The Balaban J connectivity index is 2.04. The van der Waals surface area contributed by atoms with E-state index in [1.807, 2.05) is 0 Å². The highest BCUT2D eigenvalue weighted by Gasteiger charge is 2.40. The molecule has 70 valence electrons. The van der Waals surface area contributed by atoms with Gasteiger partial charge < -0.3 is 10.1 Å². The van der Waals surface area contributed by atoms with Gasteiger partial charge in [-0.05, 0) is 45.1 Å². The fourth-order valence-electron chi connectivity index (χ4n) is 2.94. The van der Waals surface area contributed by atoms with Gasteiger partial charge in [-0.1, -0.05) is 0 Å². The molecule has 2 aliphatic rings. The lowest BCUT2D eigenvalue weighted by molar-refractivity contribution is -0.0810. The minimum absolute atomic E-state index is 0.466. The second kappa shape index (κ2) is 3.00. The normalized spacial score (nSPS) is 48.5. The summed E-state index contributed by atoms with van der Waals surface area (Å²) in [6.45, 7) is 6.83. The third kappa shape index (κ3) is 1.50. The molecule has 0 aromatic rings. The molecule has 2 fully saturated rings. The van der Waals surface area contributed by atoms with Gasteiger partial charge >= 0.3 is 0 Å². The Morgan fingerprint density at radius 3 is 2.42 bits per heavy atom. The molecule has 0 amide bonds. The standard InChI is InChI=1S/C10H19NO/c1-8-5-10(3-4-11-7-10)6-9(2)12-8/h8-9,11H,3-7H2,1-2H3/t8-,9-/m0/s1. The van der Waals surface area contributed by atoms with Gasteiger partial charge in [-0.15, -0.1) is 0 Å². The molecule has 2 nitrogen and oxygen atoms in total. The molecular weight excluding hydrogens is 150 g/mol. The fraction of sp³-hybridized carbons (Fsp3) is 1.00. The van der Waals surface area contributed by atoms with E-state index in [1.54, 1.807) is 0 Å². The molecular formula is C10H19NO. The Kier molecular flexibility index (Phi) is 2.13. The summed E-state index contributed by atoms with van der Waals surface area (Å²) in [5, 5.41) is 3.47. The van der Waals surface area contributed by atoms with Crippen LogP contribution in [0.4, 0.5) is 0 Å². The van der Waals surface area contributed by atoms with Gasteiger partial charge in [0.15, 0.2) is 0 Å². The second-order valence-electron chi connectivity index (χ2n) is 4.59. The Morgan fingerprint density at radius 2 is 1.92 bits per heavy atom. The Labute approximate surface area is 74.7 Å². The summed E-state index contributed by atoms with van der Waals surface area (Å²) in [5.41, 5.74) is 0.580. The minimum Gasteiger partial charge on any atom is -0.376 e. The molecule has 2 atom stereocenters. The first-order valence-electron chi connectivity index (χ1n) is 5.06. The van der Waals surface area contributed by atoms with E-state index in [9.17, 15) is 0 Å². The first-order chi connectivity index (χ1) is 5.70. The van der Waals surface area contributed by atoms with E-state index in [-0.39, 0.29) is 0 Å². The van der Waals surface area contributed by atoms with Crippen LogP contribution < -0.4 is 5.32 Å². The summed E-state index contributed by atoms with van der Waals surface area (Å²) in [7, 11) is 0. The van der Waals surface area contributed by atoms with E-state index in [0.717, 1.165) is 0 Å². The Morgan fingerprint density at radius 1 is 1.25 bits per heavy atom. The summed E-state index contributed by atoms with van der Waals surface area (Å²) in [6.07, 6.45) is 4.79. The van der Waals surface area contributed by atoms with E-state index < -0.39 is 0 Å². The molecule has 2 heteroatoms. The van der Waals surface area contributed by atoms with Crippen LogP contribution in [0, 0.1) is 5.41 Å². The van der Waals surface area contributed by atoms with E-state index in [1.165, 1.54) is 32.4 Å². The summed E-state index contributed by atoms with van der Waals surface area (Å²) in [4.78, 5) is 0. The van der Waals surface area contributed by atoms with Crippen LogP contribution in [0.2, 0.25) is 0 Å². The molecule has 2 rings (SSSR count). The Bertz CT molecular complexity index is 151. The van der Waals surface area contributed by atoms with Gasteiger partial charge in [-0.3, -0.25) is 0 Å². The monoisotopic (exact) mass is 169 g/mol. The number of rotatable bonds is 0. The van der Waals surface area contributed by atoms with Gasteiger partial charge in [0.2, 0.25) is 0 Å². The predicted octanol–water partition coefficient (Wildman–Crippen LogP) is 1.55. The fourth-order valence-corrected chi connectivity index (χ4v) is 2.94. The highest BCUT2D eigenvalue weighted by atomic mass is 16.5. The topological polar surface area (TPSA) is 21.3 Å². The summed E-state index contributed by atoms with van der Waals surface area (Å²) in [6, 6.07) is 0. The molecule has 1 spiro atoms. The summed E-state index contributed by atoms with van der Waals surface area (Å²) >= 11 is 0. The first-order valence-corrected chi connectivity index (χ1v) is 5.06. The average Bonchev–Trinajstić information content (AvgIpc) is 2.33. The van der Waals surface area contributed by atoms with E-state index in [4.69, 9.17) is 4.74 Å². The van der Waals surface area contributed by atoms with Crippen LogP contribution in [0.5, 0.6) is 0 Å². The summed E-state index contributed by atoms with van der Waals surface area (Å²) < 4.78 is 5.75. The van der Waals surface area contributed by atoms with Crippen LogP contribution in [0.3, 0.4) is 0 Å². The zero-order valence-electron chi connectivity index (χ0n) is 8.10. The van der Waals surface area contributed by atoms with E-state index in [2.05, 4.69) is 19.2 Å². The molecule has 2 saturated heterocycles. The molecule has 0 aromatic heterocycles. The maximum Gasteiger partial charge on any atom is 0.0556 e. The molecule has 0 saturated carbocycles. The maximum atomic E-state index is 5.75. The van der Waals surface area contributed by atoms with Crippen molar-refractivity contribution >= 4 is 0 Å². The van der Waals surface area contributed by atoms with Crippen molar-refractivity contribution in [1.29, 1.82) is 0 Å². The van der Waals surface area contributed by atoms with Crippen molar-refractivity contribution < 1.29 is 4.74 Å². The molecule has 1 N–H and O–H groups in total. The zero-order valence-corrected chi connectivity index (χ0v) is 8.10. The lowest BCUT2D eigenvalue weighted by atomic mass is 9.75. The molecule has 0 aromatic carbocycles. The van der Waals surface area contributed by atoms with Crippen molar-refractivity contribution in [2.75, 3.05) is 13.1 Å². The van der Waals surface area contributed by atoms with Crippen LogP contribution in [-0.2, 0) is 4.74 Å². The van der Waals surface area contributed by atoms with E-state index in [0.29, 0.717) is 17.6 Å². The van der Waals surface area contributed by atoms with Crippen LogP contribution in [0.25, 0.3) is 0 Å². The van der Waals surface area contributed by atoms with Gasteiger partial charge in [0.05, 0.1) is 12.2 Å². The third-order valence-corrected chi connectivity index (χ3v) is 3.24. The number of hydrogen-bond donors (Lipinski definition) is 1. The molecule has 2 heterocycles. The number of hydrogen-bond acceptors (Lipinski definition) is 2. The smallest absolute Gasteiger partial charge is 0.0556 e. The molecule has 12 heavy (non-hydrogen) atoms. The van der Waals surface area contributed by atoms with Crippen molar-refractivity contribution in [3.8, 4) is 0 Å². The lowest BCUT2D eigenvalue weighted by Gasteiger charge is -2.39. The predicted molar refractivity (Wildman–Crippen MR) is 49.2 cm³/mol. The van der Waals surface area contributed by atoms with Gasteiger partial charge in [0.25, 0.3) is 0 Å². The number of nitrogens with one attached hydrogen (secondary N) is 1. The molecule has 0 aliphatic carbocycles. The molecule has 0 bridgehead atoms. The first kappa shape index (κ1) is 8.52.